The third-order valence-electron chi connectivity index (χ3n) is 3.48. The van der Waals surface area contributed by atoms with Crippen molar-refractivity contribution in [3.8, 4) is 0 Å². The van der Waals surface area contributed by atoms with Gasteiger partial charge in [0.15, 0.2) is 0 Å². The molecule has 19 heavy (non-hydrogen) atoms. The molecule has 114 valence electrons. The number of hydrogen-bond acceptors (Lipinski definition) is 5. The highest BCUT2D eigenvalue weighted by molar-refractivity contribution is 7.53. The van der Waals surface area contributed by atoms with Crippen molar-refractivity contribution >= 4 is 7.60 Å². The van der Waals surface area contributed by atoms with E-state index in [1.807, 2.05) is 13.8 Å². The minimum atomic E-state index is -2.88. The van der Waals surface area contributed by atoms with Gasteiger partial charge in [-0.3, -0.25) is 9.46 Å². The van der Waals surface area contributed by atoms with Gasteiger partial charge in [0.25, 0.3) is 0 Å². The molecule has 0 aromatic carbocycles. The van der Waals surface area contributed by atoms with E-state index in [2.05, 4.69) is 23.6 Å². The van der Waals surface area contributed by atoms with Gasteiger partial charge in [-0.1, -0.05) is 0 Å². The van der Waals surface area contributed by atoms with Crippen LogP contribution in [0.15, 0.2) is 0 Å². The van der Waals surface area contributed by atoms with E-state index in [4.69, 9.17) is 9.05 Å². The van der Waals surface area contributed by atoms with E-state index in [1.54, 1.807) is 0 Å². The Labute approximate surface area is 117 Å². The van der Waals surface area contributed by atoms with Crippen molar-refractivity contribution in [2.75, 3.05) is 52.1 Å². The quantitative estimate of drug-likeness (QED) is 0.642. The molecule has 0 aromatic rings. The summed E-state index contributed by atoms with van der Waals surface area (Å²) >= 11 is 0. The molecule has 1 rings (SSSR count). The monoisotopic (exact) mass is 292 g/mol. The minimum Gasteiger partial charge on any atom is -0.309 e. The van der Waals surface area contributed by atoms with Gasteiger partial charge in [0.05, 0.1) is 19.4 Å². The zero-order valence-electron chi connectivity index (χ0n) is 12.8. The van der Waals surface area contributed by atoms with E-state index in [0.717, 1.165) is 32.7 Å². The third kappa shape index (κ3) is 5.92. The fourth-order valence-electron chi connectivity index (χ4n) is 2.33. The van der Waals surface area contributed by atoms with Gasteiger partial charge in [-0.15, -0.1) is 0 Å². The highest BCUT2D eigenvalue weighted by Gasteiger charge is 2.26. The highest BCUT2D eigenvalue weighted by Crippen LogP contribution is 2.47. The van der Waals surface area contributed by atoms with Gasteiger partial charge in [0, 0.05) is 38.8 Å². The molecule has 1 heterocycles. The molecule has 0 bridgehead atoms. The highest BCUT2D eigenvalue weighted by atomic mass is 31.2. The summed E-state index contributed by atoms with van der Waals surface area (Å²) in [6.45, 7) is 14.1. The molecular formula is C13H29N2O3P. The van der Waals surface area contributed by atoms with Gasteiger partial charge in [-0.2, -0.15) is 0 Å². The van der Waals surface area contributed by atoms with Crippen molar-refractivity contribution < 1.29 is 13.6 Å². The summed E-state index contributed by atoms with van der Waals surface area (Å²) in [5.41, 5.74) is 0. The molecular weight excluding hydrogens is 263 g/mol. The molecule has 0 N–H and O–H groups in total. The minimum absolute atomic E-state index is 0.443. The maximum Gasteiger partial charge on any atom is 0.331 e. The van der Waals surface area contributed by atoms with Gasteiger partial charge >= 0.3 is 7.60 Å². The molecule has 0 aromatic heterocycles. The van der Waals surface area contributed by atoms with E-state index in [9.17, 15) is 4.57 Å². The van der Waals surface area contributed by atoms with Crippen molar-refractivity contribution in [3.63, 3.8) is 0 Å². The van der Waals surface area contributed by atoms with Crippen LogP contribution in [0.25, 0.3) is 0 Å². The Balaban J connectivity index is 2.34. The Hall–Kier alpha value is 0.0700. The second-order valence-electron chi connectivity index (χ2n) is 5.14. The van der Waals surface area contributed by atoms with Gasteiger partial charge < -0.3 is 13.9 Å². The van der Waals surface area contributed by atoms with E-state index >= 15 is 0 Å². The van der Waals surface area contributed by atoms with Crippen molar-refractivity contribution in [3.05, 3.63) is 0 Å². The summed E-state index contributed by atoms with van der Waals surface area (Å²) in [6.07, 6.45) is 0.496. The average Bonchev–Trinajstić information content (AvgIpc) is 2.37. The van der Waals surface area contributed by atoms with Crippen molar-refractivity contribution in [2.45, 2.75) is 33.7 Å². The maximum absolute atomic E-state index is 12.3. The lowest BCUT2D eigenvalue weighted by molar-refractivity contribution is 0.111. The lowest BCUT2D eigenvalue weighted by Crippen LogP contribution is -2.49. The van der Waals surface area contributed by atoms with Crippen LogP contribution in [-0.4, -0.2) is 67.9 Å². The average molecular weight is 292 g/mol. The second kappa shape index (κ2) is 8.38. The predicted molar refractivity (Wildman–Crippen MR) is 78.9 cm³/mol. The molecule has 1 aliphatic rings. The Bertz CT molecular complexity index is 282. The second-order valence-corrected chi connectivity index (χ2v) is 7.33. The summed E-state index contributed by atoms with van der Waals surface area (Å²) in [4.78, 5) is 4.82. The normalized spacial score (nSPS) is 19.2. The molecule has 0 unspecified atom stereocenters. The molecule has 0 aliphatic carbocycles. The first kappa shape index (κ1) is 17.1. The molecule has 0 atom stereocenters. The summed E-state index contributed by atoms with van der Waals surface area (Å²) < 4.78 is 23.0. The molecule has 0 saturated carbocycles. The van der Waals surface area contributed by atoms with Crippen LogP contribution >= 0.6 is 7.60 Å². The Morgan fingerprint density at radius 3 is 2.00 bits per heavy atom. The molecule has 0 radical (unpaired) electrons. The van der Waals surface area contributed by atoms with E-state index in [1.165, 1.54) is 0 Å². The summed E-state index contributed by atoms with van der Waals surface area (Å²) in [5.74, 6) is 0. The lowest BCUT2D eigenvalue weighted by atomic mass is 10.2. The topological polar surface area (TPSA) is 42.0 Å². The van der Waals surface area contributed by atoms with Crippen LogP contribution < -0.4 is 0 Å². The number of nitrogens with zero attached hydrogens (tertiary/aromatic N) is 2. The van der Waals surface area contributed by atoms with Crippen molar-refractivity contribution in [1.29, 1.82) is 0 Å². The van der Waals surface area contributed by atoms with Crippen LogP contribution in [0.3, 0.4) is 0 Å². The van der Waals surface area contributed by atoms with E-state index < -0.39 is 7.60 Å². The van der Waals surface area contributed by atoms with Gasteiger partial charge in [0.2, 0.25) is 0 Å². The fraction of sp³-hybridized carbons (Fsp3) is 1.00. The predicted octanol–water partition coefficient (Wildman–Crippen LogP) is 2.28. The largest absolute Gasteiger partial charge is 0.331 e. The summed E-state index contributed by atoms with van der Waals surface area (Å²) in [7, 11) is -2.88. The van der Waals surface area contributed by atoms with Crippen LogP contribution in [0.5, 0.6) is 0 Å². The molecule has 5 nitrogen and oxygen atoms in total. The maximum atomic E-state index is 12.3. The van der Waals surface area contributed by atoms with Crippen LogP contribution in [0.2, 0.25) is 0 Å². The molecule has 0 spiro atoms. The smallest absolute Gasteiger partial charge is 0.309 e. The molecule has 1 fully saturated rings. The zero-order valence-corrected chi connectivity index (χ0v) is 13.7. The van der Waals surface area contributed by atoms with Gasteiger partial charge in [-0.05, 0) is 27.7 Å². The first-order valence-corrected chi connectivity index (χ1v) is 9.08. The van der Waals surface area contributed by atoms with E-state index in [-0.39, 0.29) is 0 Å². The molecule has 1 aliphatic heterocycles. The SMILES string of the molecule is CCOP(=O)(CCN1CCN(C(C)C)CC1)OCC. The Morgan fingerprint density at radius 2 is 1.58 bits per heavy atom. The molecule has 6 heteroatoms. The molecule has 0 amide bonds. The first-order valence-electron chi connectivity index (χ1n) is 7.35. The first-order chi connectivity index (χ1) is 9.00. The fourth-order valence-corrected chi connectivity index (χ4v) is 3.97. The van der Waals surface area contributed by atoms with E-state index in [0.29, 0.717) is 25.4 Å². The standard InChI is InChI=1S/C13H29N2O3P/c1-5-17-19(16,18-6-2)12-11-14-7-9-15(10-8-14)13(3)4/h13H,5-12H2,1-4H3. The lowest BCUT2D eigenvalue weighted by Gasteiger charge is -2.37. The van der Waals surface area contributed by atoms with Crippen LogP contribution in [0.4, 0.5) is 0 Å². The molecule has 1 saturated heterocycles. The van der Waals surface area contributed by atoms with Crippen LogP contribution in [0.1, 0.15) is 27.7 Å². The summed E-state index contributed by atoms with van der Waals surface area (Å²) in [6, 6.07) is 0.611. The number of hydrogen-bond donors (Lipinski definition) is 0. The Kier molecular flexibility index (Phi) is 7.55. The van der Waals surface area contributed by atoms with Gasteiger partial charge in [-0.25, -0.2) is 0 Å². The van der Waals surface area contributed by atoms with Gasteiger partial charge in [0.1, 0.15) is 0 Å². The van der Waals surface area contributed by atoms with Crippen LogP contribution in [-0.2, 0) is 13.6 Å². The van der Waals surface area contributed by atoms with Crippen molar-refractivity contribution in [1.82, 2.24) is 9.80 Å². The third-order valence-corrected chi connectivity index (χ3v) is 5.53. The number of piperazine rings is 1. The zero-order chi connectivity index (χ0) is 14.3. The van der Waals surface area contributed by atoms with Crippen LogP contribution in [0, 0.1) is 0 Å². The summed E-state index contributed by atoms with van der Waals surface area (Å²) in [5, 5.41) is 0. The van der Waals surface area contributed by atoms with Crippen molar-refractivity contribution in [2.24, 2.45) is 0 Å². The number of rotatable bonds is 8. The Morgan fingerprint density at radius 1 is 1.05 bits per heavy atom.